The summed E-state index contributed by atoms with van der Waals surface area (Å²) in [4.78, 5) is 0. The van der Waals surface area contributed by atoms with Crippen molar-refractivity contribution in [2.24, 2.45) is 14.1 Å². The second-order valence-corrected chi connectivity index (χ2v) is 4.25. The summed E-state index contributed by atoms with van der Waals surface area (Å²) in [7, 11) is 3.89. The van der Waals surface area contributed by atoms with Gasteiger partial charge in [-0.3, -0.25) is 9.36 Å². The molecule has 0 unspecified atom stereocenters. The van der Waals surface area contributed by atoms with Crippen LogP contribution in [-0.2, 0) is 26.9 Å². The maximum Gasteiger partial charge on any atom is 0.0637 e. The van der Waals surface area contributed by atoms with Crippen LogP contribution in [0.1, 0.15) is 11.3 Å². The Morgan fingerprint density at radius 2 is 2.00 bits per heavy atom. The Labute approximate surface area is 101 Å². The number of aryl methyl sites for hydroxylation is 2. The molecule has 2 aromatic heterocycles. The number of aromatic nitrogens is 4. The van der Waals surface area contributed by atoms with Crippen LogP contribution in [0.4, 0.5) is 0 Å². The Morgan fingerprint density at radius 1 is 1.18 bits per heavy atom. The molecule has 0 radical (unpaired) electrons. The molecule has 0 aromatic carbocycles. The lowest BCUT2D eigenvalue weighted by atomic mass is 10.2. The topological polar surface area (TPSA) is 47.7 Å². The SMILES string of the molecule is Cn1cc(CCNCCc2ccn(C)n2)cn1. The Bertz CT molecular complexity index is 415. The molecule has 17 heavy (non-hydrogen) atoms. The molecule has 0 fully saturated rings. The Balaban J connectivity index is 1.60. The molecular weight excluding hydrogens is 214 g/mol. The van der Waals surface area contributed by atoms with Gasteiger partial charge in [-0.25, -0.2) is 0 Å². The van der Waals surface area contributed by atoms with E-state index in [2.05, 4.69) is 27.8 Å². The van der Waals surface area contributed by atoms with Crippen molar-refractivity contribution in [2.75, 3.05) is 13.1 Å². The van der Waals surface area contributed by atoms with E-state index in [0.29, 0.717) is 0 Å². The van der Waals surface area contributed by atoms with Crippen molar-refractivity contribution in [3.63, 3.8) is 0 Å². The van der Waals surface area contributed by atoms with Gasteiger partial charge < -0.3 is 5.32 Å². The lowest BCUT2D eigenvalue weighted by Gasteiger charge is -2.01. The lowest BCUT2D eigenvalue weighted by molar-refractivity contribution is 0.662. The first-order valence-corrected chi connectivity index (χ1v) is 5.91. The maximum absolute atomic E-state index is 4.33. The van der Waals surface area contributed by atoms with Crippen LogP contribution >= 0.6 is 0 Å². The van der Waals surface area contributed by atoms with Gasteiger partial charge in [-0.05, 0) is 24.6 Å². The zero-order valence-corrected chi connectivity index (χ0v) is 10.4. The number of hydrogen-bond acceptors (Lipinski definition) is 3. The van der Waals surface area contributed by atoms with Crippen LogP contribution < -0.4 is 5.32 Å². The molecule has 5 nitrogen and oxygen atoms in total. The predicted molar refractivity (Wildman–Crippen MR) is 66.7 cm³/mol. The Morgan fingerprint density at radius 3 is 2.65 bits per heavy atom. The van der Waals surface area contributed by atoms with Gasteiger partial charge in [0.15, 0.2) is 0 Å². The van der Waals surface area contributed by atoms with Gasteiger partial charge >= 0.3 is 0 Å². The number of rotatable bonds is 6. The smallest absolute Gasteiger partial charge is 0.0637 e. The van der Waals surface area contributed by atoms with Crippen LogP contribution in [0.25, 0.3) is 0 Å². The van der Waals surface area contributed by atoms with Gasteiger partial charge in [-0.1, -0.05) is 0 Å². The van der Waals surface area contributed by atoms with Gasteiger partial charge in [0.25, 0.3) is 0 Å². The average Bonchev–Trinajstić information content (AvgIpc) is 2.88. The minimum atomic E-state index is 0.970. The fourth-order valence-corrected chi connectivity index (χ4v) is 1.77. The third kappa shape index (κ3) is 3.71. The highest BCUT2D eigenvalue weighted by atomic mass is 15.2. The van der Waals surface area contributed by atoms with Crippen molar-refractivity contribution in [3.05, 3.63) is 35.9 Å². The van der Waals surface area contributed by atoms with Crippen LogP contribution in [0.5, 0.6) is 0 Å². The summed E-state index contributed by atoms with van der Waals surface area (Å²) in [6.07, 6.45) is 7.95. The Kier molecular flexibility index (Phi) is 3.93. The molecule has 0 atom stereocenters. The van der Waals surface area contributed by atoms with E-state index in [1.165, 1.54) is 5.56 Å². The molecule has 0 saturated heterocycles. The van der Waals surface area contributed by atoms with E-state index in [1.54, 1.807) is 0 Å². The molecule has 0 aliphatic carbocycles. The summed E-state index contributed by atoms with van der Waals surface area (Å²) >= 11 is 0. The average molecular weight is 233 g/mol. The van der Waals surface area contributed by atoms with Crippen molar-refractivity contribution in [1.29, 1.82) is 0 Å². The van der Waals surface area contributed by atoms with Crippen molar-refractivity contribution in [2.45, 2.75) is 12.8 Å². The monoisotopic (exact) mass is 233 g/mol. The summed E-state index contributed by atoms with van der Waals surface area (Å²) in [6.45, 7) is 1.95. The molecule has 92 valence electrons. The standard InChI is InChI=1S/C12H19N5/c1-16-8-5-12(15-16)4-7-13-6-3-11-9-14-17(2)10-11/h5,8-10,13H,3-4,6-7H2,1-2H3. The minimum absolute atomic E-state index is 0.970. The minimum Gasteiger partial charge on any atom is -0.316 e. The van der Waals surface area contributed by atoms with Gasteiger partial charge in [0.1, 0.15) is 0 Å². The van der Waals surface area contributed by atoms with Gasteiger partial charge in [-0.15, -0.1) is 0 Å². The van der Waals surface area contributed by atoms with E-state index < -0.39 is 0 Å². The van der Waals surface area contributed by atoms with Gasteiger partial charge in [0, 0.05) is 39.5 Å². The molecule has 5 heteroatoms. The number of nitrogens with zero attached hydrogens (tertiary/aromatic N) is 4. The van der Waals surface area contributed by atoms with Crippen molar-refractivity contribution >= 4 is 0 Å². The summed E-state index contributed by atoms with van der Waals surface area (Å²) in [5.41, 5.74) is 2.42. The second kappa shape index (κ2) is 5.63. The van der Waals surface area contributed by atoms with E-state index in [0.717, 1.165) is 31.6 Å². The highest BCUT2D eigenvalue weighted by molar-refractivity contribution is 5.04. The molecule has 0 spiro atoms. The highest BCUT2D eigenvalue weighted by Gasteiger charge is 1.98. The molecule has 0 aliphatic rings. The lowest BCUT2D eigenvalue weighted by Crippen LogP contribution is -2.20. The fraction of sp³-hybridized carbons (Fsp3) is 0.500. The first-order chi connectivity index (χ1) is 8.24. The van der Waals surface area contributed by atoms with E-state index in [1.807, 2.05) is 35.9 Å². The van der Waals surface area contributed by atoms with Crippen LogP contribution in [0.2, 0.25) is 0 Å². The quantitative estimate of drug-likeness (QED) is 0.740. The molecule has 0 saturated carbocycles. The molecule has 2 rings (SSSR count). The van der Waals surface area contributed by atoms with E-state index in [-0.39, 0.29) is 0 Å². The van der Waals surface area contributed by atoms with E-state index in [4.69, 9.17) is 0 Å². The van der Waals surface area contributed by atoms with Gasteiger partial charge in [0.2, 0.25) is 0 Å². The molecular formula is C12H19N5. The molecule has 0 amide bonds. The van der Waals surface area contributed by atoms with Crippen LogP contribution in [0.15, 0.2) is 24.7 Å². The number of nitrogens with one attached hydrogen (secondary N) is 1. The molecule has 0 aliphatic heterocycles. The second-order valence-electron chi connectivity index (χ2n) is 4.25. The van der Waals surface area contributed by atoms with E-state index in [9.17, 15) is 0 Å². The summed E-state index contributed by atoms with van der Waals surface area (Å²) in [5.74, 6) is 0. The molecule has 1 N–H and O–H groups in total. The normalized spacial score (nSPS) is 10.9. The summed E-state index contributed by atoms with van der Waals surface area (Å²) < 4.78 is 3.67. The summed E-state index contributed by atoms with van der Waals surface area (Å²) in [5, 5.41) is 11.9. The highest BCUT2D eigenvalue weighted by Crippen LogP contribution is 1.97. The zero-order valence-electron chi connectivity index (χ0n) is 10.4. The van der Waals surface area contributed by atoms with Crippen molar-refractivity contribution < 1.29 is 0 Å². The molecule has 2 aromatic rings. The third-order valence-corrected chi connectivity index (χ3v) is 2.68. The third-order valence-electron chi connectivity index (χ3n) is 2.68. The van der Waals surface area contributed by atoms with Gasteiger partial charge in [-0.2, -0.15) is 10.2 Å². The van der Waals surface area contributed by atoms with Crippen LogP contribution in [-0.4, -0.2) is 32.7 Å². The fourth-order valence-electron chi connectivity index (χ4n) is 1.77. The Hall–Kier alpha value is -1.62. The van der Waals surface area contributed by atoms with E-state index >= 15 is 0 Å². The zero-order chi connectivity index (χ0) is 12.1. The first-order valence-electron chi connectivity index (χ1n) is 5.91. The molecule has 0 bridgehead atoms. The first kappa shape index (κ1) is 11.9. The number of hydrogen-bond donors (Lipinski definition) is 1. The van der Waals surface area contributed by atoms with Crippen molar-refractivity contribution in [3.8, 4) is 0 Å². The van der Waals surface area contributed by atoms with Crippen LogP contribution in [0.3, 0.4) is 0 Å². The summed E-state index contributed by atoms with van der Waals surface area (Å²) in [6, 6.07) is 2.06. The van der Waals surface area contributed by atoms with Crippen LogP contribution in [0, 0.1) is 0 Å². The predicted octanol–water partition coefficient (Wildman–Crippen LogP) is 0.528. The largest absolute Gasteiger partial charge is 0.316 e. The molecule has 2 heterocycles. The maximum atomic E-state index is 4.33. The van der Waals surface area contributed by atoms with Gasteiger partial charge in [0.05, 0.1) is 11.9 Å². The van der Waals surface area contributed by atoms with Crippen molar-refractivity contribution in [1.82, 2.24) is 24.9 Å².